The van der Waals surface area contributed by atoms with Crippen molar-refractivity contribution in [3.05, 3.63) is 23.8 Å². The highest BCUT2D eigenvalue weighted by atomic mass is 16.5. The zero-order valence-electron chi connectivity index (χ0n) is 12.4. The number of carbonyl (C=O) groups excluding carboxylic acids is 1. The molecule has 106 valence electrons. The van der Waals surface area contributed by atoms with E-state index >= 15 is 0 Å². The molecule has 0 radical (unpaired) electrons. The van der Waals surface area contributed by atoms with Crippen LogP contribution in [0.2, 0.25) is 0 Å². The van der Waals surface area contributed by atoms with E-state index in [0.717, 1.165) is 0 Å². The van der Waals surface area contributed by atoms with E-state index < -0.39 is 6.10 Å². The maximum Gasteiger partial charge on any atom is 0.195 e. The summed E-state index contributed by atoms with van der Waals surface area (Å²) in [6.45, 7) is 5.90. The third-order valence-corrected chi connectivity index (χ3v) is 2.93. The number of ketones is 1. The first kappa shape index (κ1) is 15.5. The second-order valence-electron chi connectivity index (χ2n) is 5.41. The molecule has 4 heteroatoms. The number of carbonyl (C=O) groups is 1. The molecule has 0 spiro atoms. The van der Waals surface area contributed by atoms with Crippen LogP contribution in [0.5, 0.6) is 11.5 Å². The fourth-order valence-electron chi connectivity index (χ4n) is 2.00. The molecule has 1 atom stereocenters. The van der Waals surface area contributed by atoms with E-state index in [2.05, 4.69) is 0 Å². The summed E-state index contributed by atoms with van der Waals surface area (Å²) in [6.07, 6.45) is -0.519. The van der Waals surface area contributed by atoms with Crippen LogP contribution in [0.3, 0.4) is 0 Å². The normalized spacial score (nSPS) is 12.9. The van der Waals surface area contributed by atoms with Gasteiger partial charge in [-0.15, -0.1) is 0 Å². The van der Waals surface area contributed by atoms with Gasteiger partial charge in [0.25, 0.3) is 0 Å². The number of Topliss-reactive ketones (excluding diaryl/α,β-unsaturated/α-hetero) is 1. The van der Waals surface area contributed by atoms with Crippen molar-refractivity contribution in [2.45, 2.75) is 26.9 Å². The number of hydrogen-bond acceptors (Lipinski definition) is 4. The van der Waals surface area contributed by atoms with Gasteiger partial charge in [0.15, 0.2) is 5.78 Å². The zero-order valence-corrected chi connectivity index (χ0v) is 12.4. The number of hydrogen-bond donors (Lipinski definition) is 0. The van der Waals surface area contributed by atoms with Crippen molar-refractivity contribution in [1.29, 1.82) is 0 Å². The van der Waals surface area contributed by atoms with Crippen LogP contribution in [-0.4, -0.2) is 33.2 Å². The van der Waals surface area contributed by atoms with Crippen molar-refractivity contribution in [2.24, 2.45) is 5.41 Å². The summed E-state index contributed by atoms with van der Waals surface area (Å²) in [7, 11) is 4.65. The largest absolute Gasteiger partial charge is 0.497 e. The highest BCUT2D eigenvalue weighted by Crippen LogP contribution is 2.30. The summed E-state index contributed by atoms with van der Waals surface area (Å²) in [5.74, 6) is 1.06. The van der Waals surface area contributed by atoms with Gasteiger partial charge in [-0.3, -0.25) is 4.79 Å². The summed E-state index contributed by atoms with van der Waals surface area (Å²) < 4.78 is 15.7. The lowest BCUT2D eigenvalue weighted by Gasteiger charge is -2.28. The molecule has 0 amide bonds. The van der Waals surface area contributed by atoms with Crippen LogP contribution in [0.15, 0.2) is 18.2 Å². The monoisotopic (exact) mass is 266 g/mol. The molecule has 0 aliphatic rings. The second kappa shape index (κ2) is 6.06. The predicted molar refractivity (Wildman–Crippen MR) is 74.1 cm³/mol. The van der Waals surface area contributed by atoms with Crippen LogP contribution in [0.25, 0.3) is 0 Å². The van der Waals surface area contributed by atoms with Gasteiger partial charge >= 0.3 is 0 Å². The SMILES string of the molecule is COc1ccc(C(=O)C(OC)C(C)(C)C)c(OC)c1. The van der Waals surface area contributed by atoms with Crippen molar-refractivity contribution in [1.82, 2.24) is 0 Å². The molecule has 4 nitrogen and oxygen atoms in total. The van der Waals surface area contributed by atoms with Gasteiger partial charge in [-0.25, -0.2) is 0 Å². The molecule has 0 bridgehead atoms. The molecule has 1 rings (SSSR count). The summed E-state index contributed by atoms with van der Waals surface area (Å²) in [6, 6.07) is 5.14. The number of methoxy groups -OCH3 is 3. The van der Waals surface area contributed by atoms with Crippen molar-refractivity contribution in [2.75, 3.05) is 21.3 Å². The van der Waals surface area contributed by atoms with Crippen LogP contribution < -0.4 is 9.47 Å². The highest BCUT2D eigenvalue weighted by Gasteiger charge is 2.33. The molecule has 1 unspecified atom stereocenters. The van der Waals surface area contributed by atoms with Gasteiger partial charge in [0.05, 0.1) is 19.8 Å². The zero-order chi connectivity index (χ0) is 14.6. The molecule has 0 saturated heterocycles. The van der Waals surface area contributed by atoms with Gasteiger partial charge in [0, 0.05) is 13.2 Å². The lowest BCUT2D eigenvalue weighted by Crippen LogP contribution is -2.36. The van der Waals surface area contributed by atoms with Crippen LogP contribution in [0, 0.1) is 5.41 Å². The first-order valence-corrected chi connectivity index (χ1v) is 6.14. The van der Waals surface area contributed by atoms with Gasteiger partial charge in [0.1, 0.15) is 17.6 Å². The average molecular weight is 266 g/mol. The highest BCUT2D eigenvalue weighted by molar-refractivity contribution is 6.02. The Hall–Kier alpha value is -1.55. The molecule has 1 aromatic carbocycles. The van der Waals surface area contributed by atoms with Crippen LogP contribution in [0.1, 0.15) is 31.1 Å². The smallest absolute Gasteiger partial charge is 0.195 e. The summed E-state index contributed by atoms with van der Waals surface area (Å²) in [5.41, 5.74) is 0.224. The molecular weight excluding hydrogens is 244 g/mol. The topological polar surface area (TPSA) is 44.8 Å². The molecule has 0 aliphatic heterocycles. The van der Waals surface area contributed by atoms with Gasteiger partial charge in [-0.1, -0.05) is 20.8 Å². The minimum absolute atomic E-state index is 0.0884. The summed E-state index contributed by atoms with van der Waals surface area (Å²) in [5, 5.41) is 0. The molecule has 19 heavy (non-hydrogen) atoms. The van der Waals surface area contributed by atoms with Gasteiger partial charge < -0.3 is 14.2 Å². The first-order chi connectivity index (χ1) is 8.85. The Kier molecular flexibility index (Phi) is 4.95. The van der Waals surface area contributed by atoms with Crippen molar-refractivity contribution >= 4 is 5.78 Å². The molecular formula is C15H22O4. The summed E-state index contributed by atoms with van der Waals surface area (Å²) in [4.78, 5) is 12.6. The van der Waals surface area contributed by atoms with E-state index in [0.29, 0.717) is 17.1 Å². The molecule has 0 aromatic heterocycles. The van der Waals surface area contributed by atoms with Crippen molar-refractivity contribution in [3.8, 4) is 11.5 Å². The third kappa shape index (κ3) is 3.47. The van der Waals surface area contributed by atoms with E-state index in [9.17, 15) is 4.79 Å². The average Bonchev–Trinajstić information content (AvgIpc) is 2.36. The van der Waals surface area contributed by atoms with Crippen LogP contribution in [-0.2, 0) is 4.74 Å². The third-order valence-electron chi connectivity index (χ3n) is 2.93. The van der Waals surface area contributed by atoms with Gasteiger partial charge in [0.2, 0.25) is 0 Å². The van der Waals surface area contributed by atoms with E-state index in [1.54, 1.807) is 32.4 Å². The molecule has 1 aromatic rings. The lowest BCUT2D eigenvalue weighted by molar-refractivity contribution is 0.0194. The Bertz CT molecular complexity index is 446. The molecule has 0 fully saturated rings. The number of ether oxygens (including phenoxy) is 3. The Morgan fingerprint density at radius 2 is 1.74 bits per heavy atom. The lowest BCUT2D eigenvalue weighted by atomic mass is 9.84. The number of benzene rings is 1. The molecule has 0 N–H and O–H groups in total. The number of rotatable bonds is 5. The standard InChI is InChI=1S/C15H22O4/c1-15(2,3)14(19-6)13(16)11-8-7-10(17-4)9-12(11)18-5/h7-9,14H,1-6H3. The van der Waals surface area contributed by atoms with Crippen molar-refractivity contribution in [3.63, 3.8) is 0 Å². The Morgan fingerprint density at radius 1 is 1.11 bits per heavy atom. The fourth-order valence-corrected chi connectivity index (χ4v) is 2.00. The first-order valence-electron chi connectivity index (χ1n) is 6.14. The van der Waals surface area contributed by atoms with E-state index in [1.165, 1.54) is 7.11 Å². The summed E-state index contributed by atoms with van der Waals surface area (Å²) >= 11 is 0. The minimum atomic E-state index is -0.519. The fraction of sp³-hybridized carbons (Fsp3) is 0.533. The van der Waals surface area contributed by atoms with E-state index in [4.69, 9.17) is 14.2 Å². The van der Waals surface area contributed by atoms with Gasteiger partial charge in [-0.05, 0) is 17.5 Å². The van der Waals surface area contributed by atoms with Gasteiger partial charge in [-0.2, -0.15) is 0 Å². The Labute approximate surface area is 114 Å². The second-order valence-corrected chi connectivity index (χ2v) is 5.41. The molecule has 0 heterocycles. The molecule has 0 aliphatic carbocycles. The minimum Gasteiger partial charge on any atom is -0.497 e. The maximum atomic E-state index is 12.6. The molecule has 0 saturated carbocycles. The quantitative estimate of drug-likeness (QED) is 0.769. The van der Waals surface area contributed by atoms with Crippen LogP contribution >= 0.6 is 0 Å². The van der Waals surface area contributed by atoms with E-state index in [1.807, 2.05) is 20.8 Å². The predicted octanol–water partition coefficient (Wildman–Crippen LogP) is 2.95. The Balaban J connectivity index is 3.18. The maximum absolute atomic E-state index is 12.6. The van der Waals surface area contributed by atoms with E-state index in [-0.39, 0.29) is 11.2 Å². The Morgan fingerprint density at radius 3 is 2.16 bits per heavy atom. The van der Waals surface area contributed by atoms with Crippen LogP contribution in [0.4, 0.5) is 0 Å². The van der Waals surface area contributed by atoms with Crippen molar-refractivity contribution < 1.29 is 19.0 Å².